The summed E-state index contributed by atoms with van der Waals surface area (Å²) in [4.78, 5) is 4.39. The van der Waals surface area contributed by atoms with E-state index in [1.54, 1.807) is 18.3 Å². The molecular formula is C14H18N4O2S. The minimum Gasteiger partial charge on any atom is -0.399 e. The summed E-state index contributed by atoms with van der Waals surface area (Å²) in [5.74, 6) is 0. The highest BCUT2D eigenvalue weighted by atomic mass is 32.2. The molecule has 0 unspecified atom stereocenters. The zero-order chi connectivity index (χ0) is 15.5. The van der Waals surface area contributed by atoms with Crippen molar-refractivity contribution in [2.45, 2.75) is 18.4 Å². The number of aryl methyl sites for hydroxylation is 1. The second-order valence-corrected chi connectivity index (χ2v) is 6.44. The van der Waals surface area contributed by atoms with Gasteiger partial charge in [0.25, 0.3) is 0 Å². The van der Waals surface area contributed by atoms with E-state index in [-0.39, 0.29) is 4.90 Å². The first-order valence-corrected chi connectivity index (χ1v) is 7.90. The molecular weight excluding hydrogens is 288 g/mol. The molecule has 0 aliphatic rings. The van der Waals surface area contributed by atoms with E-state index in [0.29, 0.717) is 17.9 Å². The monoisotopic (exact) mass is 306 g/mol. The first-order chi connectivity index (χ1) is 9.94. The van der Waals surface area contributed by atoms with Crippen molar-refractivity contribution in [2.75, 3.05) is 18.1 Å². The van der Waals surface area contributed by atoms with Gasteiger partial charge in [-0.3, -0.25) is 4.98 Å². The van der Waals surface area contributed by atoms with Gasteiger partial charge in [0.1, 0.15) is 4.90 Å². The zero-order valence-electron chi connectivity index (χ0n) is 11.9. The maximum Gasteiger partial charge on any atom is 0.242 e. The highest BCUT2D eigenvalue weighted by Crippen LogP contribution is 2.24. The Morgan fingerprint density at radius 1 is 1.29 bits per heavy atom. The summed E-state index contributed by atoms with van der Waals surface area (Å²) in [6, 6.07) is 8.55. The molecule has 0 aliphatic carbocycles. The van der Waals surface area contributed by atoms with Crippen molar-refractivity contribution in [2.24, 2.45) is 0 Å². The number of nitrogens with one attached hydrogen (secondary N) is 2. The first-order valence-electron chi connectivity index (χ1n) is 6.41. The lowest BCUT2D eigenvalue weighted by Gasteiger charge is -2.13. The minimum absolute atomic E-state index is 0.124. The second kappa shape index (κ2) is 6.11. The van der Waals surface area contributed by atoms with Gasteiger partial charge in [-0.25, -0.2) is 13.1 Å². The van der Waals surface area contributed by atoms with Crippen LogP contribution in [-0.4, -0.2) is 20.4 Å². The number of nitrogen functional groups attached to an aromatic ring is 1. The summed E-state index contributed by atoms with van der Waals surface area (Å²) in [5, 5.41) is 3.10. The van der Waals surface area contributed by atoms with Crippen LogP contribution >= 0.6 is 0 Å². The Morgan fingerprint density at radius 3 is 2.71 bits per heavy atom. The minimum atomic E-state index is -3.58. The topological polar surface area (TPSA) is 97.1 Å². The molecule has 2 rings (SSSR count). The van der Waals surface area contributed by atoms with Crippen LogP contribution in [0.15, 0.2) is 41.4 Å². The Balaban J connectivity index is 2.31. The summed E-state index contributed by atoms with van der Waals surface area (Å²) in [7, 11) is -2.21. The summed E-state index contributed by atoms with van der Waals surface area (Å²) < 4.78 is 26.4. The Morgan fingerprint density at radius 2 is 2.05 bits per heavy atom. The lowest BCUT2D eigenvalue weighted by molar-refractivity contribution is 0.588. The van der Waals surface area contributed by atoms with Crippen molar-refractivity contribution >= 4 is 21.4 Å². The third kappa shape index (κ3) is 3.50. The number of sulfonamides is 1. The molecule has 2 aromatic rings. The van der Waals surface area contributed by atoms with Gasteiger partial charge in [-0.05, 0) is 43.8 Å². The van der Waals surface area contributed by atoms with Crippen LogP contribution in [0, 0.1) is 6.92 Å². The number of rotatable bonds is 5. The predicted molar refractivity (Wildman–Crippen MR) is 83.4 cm³/mol. The Labute approximate surface area is 124 Å². The number of nitrogens with zero attached hydrogens (tertiary/aromatic N) is 1. The predicted octanol–water partition coefficient (Wildman–Crippen LogP) is 1.49. The molecule has 21 heavy (non-hydrogen) atoms. The van der Waals surface area contributed by atoms with Crippen LogP contribution in [0.5, 0.6) is 0 Å². The molecule has 0 saturated heterocycles. The van der Waals surface area contributed by atoms with Gasteiger partial charge < -0.3 is 11.1 Å². The van der Waals surface area contributed by atoms with Gasteiger partial charge in [0, 0.05) is 11.9 Å². The molecule has 0 fully saturated rings. The number of pyridine rings is 1. The SMILES string of the molecule is CNS(=O)(=O)c1cc(N)ccc1NCc1ncccc1C. The average molecular weight is 306 g/mol. The molecule has 1 aromatic carbocycles. The maximum absolute atomic E-state index is 12.0. The van der Waals surface area contributed by atoms with Crippen LogP contribution < -0.4 is 15.8 Å². The molecule has 0 aliphatic heterocycles. The third-order valence-electron chi connectivity index (χ3n) is 3.13. The molecule has 0 spiro atoms. The molecule has 0 bridgehead atoms. The van der Waals surface area contributed by atoms with Crippen molar-refractivity contribution in [1.29, 1.82) is 0 Å². The molecule has 0 saturated carbocycles. The van der Waals surface area contributed by atoms with E-state index in [1.807, 2.05) is 19.1 Å². The Kier molecular flexibility index (Phi) is 4.44. The molecule has 4 N–H and O–H groups in total. The smallest absolute Gasteiger partial charge is 0.242 e. The number of anilines is 2. The molecule has 7 heteroatoms. The summed E-state index contributed by atoms with van der Waals surface area (Å²) in [6.45, 7) is 2.39. The van der Waals surface area contributed by atoms with Crippen LogP contribution in [-0.2, 0) is 16.6 Å². The van der Waals surface area contributed by atoms with Gasteiger partial charge in [0.05, 0.1) is 17.9 Å². The number of hydrogen-bond acceptors (Lipinski definition) is 5. The van der Waals surface area contributed by atoms with Gasteiger partial charge >= 0.3 is 0 Å². The normalized spacial score (nSPS) is 11.3. The molecule has 0 amide bonds. The van der Waals surface area contributed by atoms with E-state index in [1.165, 1.54) is 13.1 Å². The van der Waals surface area contributed by atoms with Crippen LogP contribution in [0.2, 0.25) is 0 Å². The van der Waals surface area contributed by atoms with Crippen LogP contribution in [0.25, 0.3) is 0 Å². The van der Waals surface area contributed by atoms with Crippen molar-refractivity contribution in [3.05, 3.63) is 47.8 Å². The van der Waals surface area contributed by atoms with Gasteiger partial charge in [0.15, 0.2) is 0 Å². The van der Waals surface area contributed by atoms with Gasteiger partial charge in [-0.2, -0.15) is 0 Å². The van der Waals surface area contributed by atoms with Crippen LogP contribution in [0.4, 0.5) is 11.4 Å². The lowest BCUT2D eigenvalue weighted by Crippen LogP contribution is -2.20. The number of nitrogens with two attached hydrogens (primary N) is 1. The fraction of sp³-hybridized carbons (Fsp3) is 0.214. The molecule has 1 heterocycles. The number of hydrogen-bond donors (Lipinski definition) is 3. The largest absolute Gasteiger partial charge is 0.399 e. The van der Waals surface area contributed by atoms with Gasteiger partial charge in [-0.1, -0.05) is 6.07 Å². The fourth-order valence-corrected chi connectivity index (χ4v) is 2.84. The van der Waals surface area contributed by atoms with Crippen LogP contribution in [0.1, 0.15) is 11.3 Å². The van der Waals surface area contributed by atoms with Crippen molar-refractivity contribution in [3.8, 4) is 0 Å². The van der Waals surface area contributed by atoms with Gasteiger partial charge in [-0.15, -0.1) is 0 Å². The fourth-order valence-electron chi connectivity index (χ4n) is 1.90. The molecule has 112 valence electrons. The quantitative estimate of drug-likeness (QED) is 0.727. The van der Waals surface area contributed by atoms with Crippen molar-refractivity contribution < 1.29 is 8.42 Å². The van der Waals surface area contributed by atoms with Crippen molar-refractivity contribution in [3.63, 3.8) is 0 Å². The molecule has 0 atom stereocenters. The van der Waals surface area contributed by atoms with E-state index in [9.17, 15) is 8.42 Å². The second-order valence-electron chi connectivity index (χ2n) is 4.58. The summed E-state index contributed by atoms with van der Waals surface area (Å²) in [6.07, 6.45) is 1.71. The van der Waals surface area contributed by atoms with Crippen LogP contribution in [0.3, 0.4) is 0 Å². The molecule has 6 nitrogen and oxygen atoms in total. The van der Waals surface area contributed by atoms with E-state index in [0.717, 1.165) is 11.3 Å². The zero-order valence-corrected chi connectivity index (χ0v) is 12.7. The summed E-state index contributed by atoms with van der Waals surface area (Å²) >= 11 is 0. The average Bonchev–Trinajstić information content (AvgIpc) is 2.47. The van der Waals surface area contributed by atoms with Gasteiger partial charge in [0.2, 0.25) is 10.0 Å². The third-order valence-corrected chi connectivity index (χ3v) is 4.58. The first kappa shape index (κ1) is 15.3. The van der Waals surface area contributed by atoms with E-state index in [4.69, 9.17) is 5.73 Å². The Bertz CT molecular complexity index is 744. The Hall–Kier alpha value is -2.12. The molecule has 0 radical (unpaired) electrons. The summed E-state index contributed by atoms with van der Waals surface area (Å²) in [5.41, 5.74) is 8.46. The number of aromatic nitrogens is 1. The number of benzene rings is 1. The van der Waals surface area contributed by atoms with E-state index >= 15 is 0 Å². The maximum atomic E-state index is 12.0. The standard InChI is InChI=1S/C14H18N4O2S/c1-10-4-3-7-17-13(10)9-18-12-6-5-11(15)8-14(12)21(19,20)16-2/h3-8,16,18H,9,15H2,1-2H3. The van der Waals surface area contributed by atoms with Crippen molar-refractivity contribution in [1.82, 2.24) is 9.71 Å². The highest BCUT2D eigenvalue weighted by molar-refractivity contribution is 7.89. The van der Waals surface area contributed by atoms with E-state index in [2.05, 4.69) is 15.0 Å². The van der Waals surface area contributed by atoms with E-state index < -0.39 is 10.0 Å². The lowest BCUT2D eigenvalue weighted by atomic mass is 10.2. The highest BCUT2D eigenvalue weighted by Gasteiger charge is 2.17. The molecule has 1 aromatic heterocycles.